The minimum absolute atomic E-state index is 0.174. The Balaban J connectivity index is 3.00. The van der Waals surface area contributed by atoms with Crippen molar-refractivity contribution in [3.8, 4) is 0 Å². The van der Waals surface area contributed by atoms with Crippen molar-refractivity contribution in [1.82, 2.24) is 4.90 Å². The number of nitrogens with two attached hydrogens (primary N) is 1. The van der Waals surface area contributed by atoms with E-state index in [-0.39, 0.29) is 5.91 Å². The zero-order valence-electron chi connectivity index (χ0n) is 10.1. The zero-order chi connectivity index (χ0) is 13.2. The molecule has 5 heteroatoms. The van der Waals surface area contributed by atoms with E-state index < -0.39 is 12.0 Å². The first-order valence-corrected chi connectivity index (χ1v) is 5.16. The highest BCUT2D eigenvalue weighted by molar-refractivity contribution is 5.93. The monoisotopic (exact) mass is 242 g/mol. The van der Waals surface area contributed by atoms with Gasteiger partial charge in [0.25, 0.3) is 12.3 Å². The fourth-order valence-electron chi connectivity index (χ4n) is 1.36. The Morgan fingerprint density at radius 3 is 2.12 bits per heavy atom. The van der Waals surface area contributed by atoms with Gasteiger partial charge in [0.15, 0.2) is 0 Å². The lowest BCUT2D eigenvalue weighted by atomic mass is 9.93. The van der Waals surface area contributed by atoms with Gasteiger partial charge in [-0.15, -0.1) is 0 Å². The summed E-state index contributed by atoms with van der Waals surface area (Å²) in [7, 11) is 3.25. The maximum absolute atomic E-state index is 12.7. The number of alkyl halides is 2. The van der Waals surface area contributed by atoms with Gasteiger partial charge in [0.05, 0.1) is 5.54 Å². The number of hydrogen-bond donors (Lipinski definition) is 1. The molecule has 1 aromatic carbocycles. The van der Waals surface area contributed by atoms with Crippen LogP contribution >= 0.6 is 0 Å². The maximum atomic E-state index is 12.7. The molecule has 0 radical (unpaired) electrons. The number of rotatable bonds is 3. The average Bonchev–Trinajstić information content (AvgIpc) is 2.27. The smallest absolute Gasteiger partial charge is 0.260 e. The highest BCUT2D eigenvalue weighted by Crippen LogP contribution is 2.25. The standard InChI is InChI=1S/C12H16F2N2O/c1-12(15,11(13)14)9-6-4-8(5-7-9)10(17)16(2)3/h4-7,11H,15H2,1-3H3. The van der Waals surface area contributed by atoms with Crippen molar-refractivity contribution in [1.29, 1.82) is 0 Å². The molecular formula is C12H16F2N2O. The number of carbonyl (C=O) groups excluding carboxylic acids is 1. The van der Waals surface area contributed by atoms with Crippen LogP contribution in [0.5, 0.6) is 0 Å². The Morgan fingerprint density at radius 2 is 1.76 bits per heavy atom. The molecule has 0 fully saturated rings. The molecule has 0 aliphatic rings. The second kappa shape index (κ2) is 4.79. The second-order valence-electron chi connectivity index (χ2n) is 4.36. The molecule has 0 heterocycles. The van der Waals surface area contributed by atoms with E-state index in [1.54, 1.807) is 14.1 Å². The van der Waals surface area contributed by atoms with Crippen LogP contribution in [0.1, 0.15) is 22.8 Å². The van der Waals surface area contributed by atoms with E-state index in [1.165, 1.54) is 36.1 Å². The first kappa shape index (κ1) is 13.6. The van der Waals surface area contributed by atoms with Gasteiger partial charge >= 0.3 is 0 Å². The van der Waals surface area contributed by atoms with Crippen LogP contribution < -0.4 is 5.73 Å². The van der Waals surface area contributed by atoms with Gasteiger partial charge in [-0.1, -0.05) is 12.1 Å². The molecule has 1 amide bonds. The van der Waals surface area contributed by atoms with Crippen LogP contribution in [0.25, 0.3) is 0 Å². The summed E-state index contributed by atoms with van der Waals surface area (Å²) >= 11 is 0. The molecule has 17 heavy (non-hydrogen) atoms. The fourth-order valence-corrected chi connectivity index (χ4v) is 1.36. The molecule has 1 unspecified atom stereocenters. The van der Waals surface area contributed by atoms with Crippen LogP contribution in [0.4, 0.5) is 8.78 Å². The second-order valence-corrected chi connectivity index (χ2v) is 4.36. The summed E-state index contributed by atoms with van der Waals surface area (Å²) in [6.45, 7) is 1.26. The highest BCUT2D eigenvalue weighted by atomic mass is 19.3. The number of amides is 1. The molecule has 1 atom stereocenters. The number of halogens is 2. The topological polar surface area (TPSA) is 46.3 Å². The van der Waals surface area contributed by atoms with Gasteiger partial charge in [0.1, 0.15) is 0 Å². The largest absolute Gasteiger partial charge is 0.345 e. The van der Waals surface area contributed by atoms with Crippen LogP contribution in [-0.2, 0) is 5.54 Å². The van der Waals surface area contributed by atoms with E-state index >= 15 is 0 Å². The van der Waals surface area contributed by atoms with Crippen LogP contribution in [0.2, 0.25) is 0 Å². The molecule has 1 aromatic rings. The third kappa shape index (κ3) is 2.79. The molecule has 94 valence electrons. The number of benzene rings is 1. The molecule has 0 saturated carbocycles. The van der Waals surface area contributed by atoms with Gasteiger partial charge in [-0.25, -0.2) is 8.78 Å². The summed E-state index contributed by atoms with van der Waals surface area (Å²) in [4.78, 5) is 13.0. The van der Waals surface area contributed by atoms with E-state index in [0.29, 0.717) is 11.1 Å². The van der Waals surface area contributed by atoms with Crippen molar-refractivity contribution in [2.24, 2.45) is 5.73 Å². The molecule has 0 spiro atoms. The molecule has 3 nitrogen and oxygen atoms in total. The van der Waals surface area contributed by atoms with E-state index in [0.717, 1.165) is 0 Å². The van der Waals surface area contributed by atoms with Gasteiger partial charge in [-0.2, -0.15) is 0 Å². The quantitative estimate of drug-likeness (QED) is 0.879. The Kier molecular flexibility index (Phi) is 3.83. The summed E-state index contributed by atoms with van der Waals surface area (Å²) in [5.74, 6) is -0.174. The van der Waals surface area contributed by atoms with Gasteiger partial charge in [0, 0.05) is 19.7 Å². The van der Waals surface area contributed by atoms with Gasteiger partial charge in [-0.05, 0) is 24.6 Å². The maximum Gasteiger partial charge on any atom is 0.260 e. The summed E-state index contributed by atoms with van der Waals surface area (Å²) in [5.41, 5.74) is 4.58. The molecule has 0 bridgehead atoms. The Bertz CT molecular complexity index is 399. The highest BCUT2D eigenvalue weighted by Gasteiger charge is 2.32. The predicted molar refractivity (Wildman–Crippen MR) is 62.0 cm³/mol. The van der Waals surface area contributed by atoms with Crippen LogP contribution in [0.3, 0.4) is 0 Å². The zero-order valence-corrected chi connectivity index (χ0v) is 10.1. The molecule has 2 N–H and O–H groups in total. The summed E-state index contributed by atoms with van der Waals surface area (Å²) < 4.78 is 25.4. The lowest BCUT2D eigenvalue weighted by Gasteiger charge is -2.24. The fraction of sp³-hybridized carbons (Fsp3) is 0.417. The number of carbonyl (C=O) groups is 1. The first-order chi connectivity index (χ1) is 7.76. The molecule has 0 aromatic heterocycles. The van der Waals surface area contributed by atoms with Crippen LogP contribution in [0.15, 0.2) is 24.3 Å². The summed E-state index contributed by atoms with van der Waals surface area (Å²) in [6, 6.07) is 5.93. The number of nitrogens with zero attached hydrogens (tertiary/aromatic N) is 1. The normalized spacial score (nSPS) is 14.5. The third-order valence-corrected chi connectivity index (χ3v) is 2.61. The van der Waals surface area contributed by atoms with E-state index in [9.17, 15) is 13.6 Å². The SMILES string of the molecule is CN(C)C(=O)c1ccc(C(C)(N)C(F)F)cc1. The van der Waals surface area contributed by atoms with Gasteiger partial charge < -0.3 is 10.6 Å². The molecule has 0 aliphatic heterocycles. The van der Waals surface area contributed by atoms with Crippen molar-refractivity contribution in [3.05, 3.63) is 35.4 Å². The van der Waals surface area contributed by atoms with Crippen molar-refractivity contribution >= 4 is 5.91 Å². The Hall–Kier alpha value is -1.49. The van der Waals surface area contributed by atoms with Crippen molar-refractivity contribution in [2.75, 3.05) is 14.1 Å². The molecular weight excluding hydrogens is 226 g/mol. The Morgan fingerprint density at radius 1 is 1.29 bits per heavy atom. The third-order valence-electron chi connectivity index (χ3n) is 2.61. The van der Waals surface area contributed by atoms with Crippen molar-refractivity contribution in [3.63, 3.8) is 0 Å². The average molecular weight is 242 g/mol. The van der Waals surface area contributed by atoms with Crippen LogP contribution in [-0.4, -0.2) is 31.3 Å². The Labute approximate surface area is 99.2 Å². The number of hydrogen-bond acceptors (Lipinski definition) is 2. The van der Waals surface area contributed by atoms with Crippen LogP contribution in [0, 0.1) is 0 Å². The van der Waals surface area contributed by atoms with E-state index in [4.69, 9.17) is 5.73 Å². The predicted octanol–water partition coefficient (Wildman–Crippen LogP) is 1.83. The minimum atomic E-state index is -2.65. The van der Waals surface area contributed by atoms with Crippen molar-refractivity contribution < 1.29 is 13.6 Å². The minimum Gasteiger partial charge on any atom is -0.345 e. The lowest BCUT2D eigenvalue weighted by Crippen LogP contribution is -2.40. The molecule has 0 saturated heterocycles. The first-order valence-electron chi connectivity index (χ1n) is 5.16. The summed E-state index contributed by atoms with van der Waals surface area (Å²) in [6.07, 6.45) is -2.65. The van der Waals surface area contributed by atoms with E-state index in [2.05, 4.69) is 0 Å². The summed E-state index contributed by atoms with van der Waals surface area (Å²) in [5, 5.41) is 0. The van der Waals surface area contributed by atoms with Gasteiger partial charge in [0.2, 0.25) is 0 Å². The molecule has 1 rings (SSSR count). The van der Waals surface area contributed by atoms with E-state index in [1.807, 2.05) is 0 Å². The van der Waals surface area contributed by atoms with Gasteiger partial charge in [-0.3, -0.25) is 4.79 Å². The molecule has 0 aliphatic carbocycles. The lowest BCUT2D eigenvalue weighted by molar-refractivity contribution is 0.0625. The van der Waals surface area contributed by atoms with Crippen molar-refractivity contribution in [2.45, 2.75) is 18.9 Å².